The first kappa shape index (κ1) is 19.2. The average Bonchev–Trinajstić information content (AvgIpc) is 3.25. The highest BCUT2D eigenvalue weighted by Gasteiger charge is 2.29. The van der Waals surface area contributed by atoms with Crippen LogP contribution in [0.15, 0.2) is 59.4 Å². The Balaban J connectivity index is 1.37. The number of benzene rings is 1. The summed E-state index contributed by atoms with van der Waals surface area (Å²) in [5.74, 6) is 0.977. The van der Waals surface area contributed by atoms with Crippen LogP contribution in [-0.2, 0) is 16.0 Å². The normalized spacial score (nSPS) is 15.7. The molecule has 1 saturated heterocycles. The maximum Gasteiger partial charge on any atom is 0.242 e. The van der Waals surface area contributed by atoms with E-state index < -0.39 is 6.04 Å². The lowest BCUT2D eigenvalue weighted by Crippen LogP contribution is -2.46. The number of hydrogen-bond acceptors (Lipinski definition) is 7. The van der Waals surface area contributed by atoms with Crippen molar-refractivity contribution in [1.82, 2.24) is 25.3 Å². The van der Waals surface area contributed by atoms with Gasteiger partial charge in [0.2, 0.25) is 17.6 Å². The molecule has 0 radical (unpaired) electrons. The van der Waals surface area contributed by atoms with Crippen molar-refractivity contribution in [2.45, 2.75) is 12.5 Å². The van der Waals surface area contributed by atoms with E-state index in [-0.39, 0.29) is 5.91 Å². The molecule has 8 heteroatoms. The van der Waals surface area contributed by atoms with E-state index in [1.54, 1.807) is 12.4 Å². The van der Waals surface area contributed by atoms with Gasteiger partial charge in [0.05, 0.1) is 13.2 Å². The van der Waals surface area contributed by atoms with Crippen LogP contribution in [0, 0.1) is 0 Å². The van der Waals surface area contributed by atoms with Crippen LogP contribution in [0.3, 0.4) is 0 Å². The number of nitrogens with one attached hydrogen (secondary N) is 1. The zero-order valence-corrected chi connectivity index (χ0v) is 16.0. The summed E-state index contributed by atoms with van der Waals surface area (Å²) in [7, 11) is 0. The molecule has 8 nitrogen and oxygen atoms in total. The fourth-order valence-electron chi connectivity index (χ4n) is 3.35. The minimum Gasteiger partial charge on any atom is -0.379 e. The highest BCUT2D eigenvalue weighted by atomic mass is 16.5. The fraction of sp³-hybridized carbons (Fsp3) is 0.333. The van der Waals surface area contributed by atoms with Crippen molar-refractivity contribution >= 4 is 5.91 Å². The second-order valence-electron chi connectivity index (χ2n) is 6.76. The summed E-state index contributed by atoms with van der Waals surface area (Å²) in [6.07, 6.45) is 3.91. The number of nitrogens with zero attached hydrogens (tertiary/aromatic N) is 4. The van der Waals surface area contributed by atoms with E-state index in [9.17, 15) is 4.79 Å². The molecule has 0 aliphatic carbocycles. The van der Waals surface area contributed by atoms with E-state index in [4.69, 9.17) is 9.26 Å². The lowest BCUT2D eigenvalue weighted by atomic mass is 10.1. The van der Waals surface area contributed by atoms with Crippen LogP contribution in [0.25, 0.3) is 11.4 Å². The maximum atomic E-state index is 13.0. The topological polar surface area (TPSA) is 93.4 Å². The van der Waals surface area contributed by atoms with E-state index in [2.05, 4.69) is 25.3 Å². The number of pyridine rings is 1. The molecule has 3 heterocycles. The molecular weight excluding hydrogens is 370 g/mol. The number of carbonyl (C=O) groups excluding carboxylic acids is 1. The summed E-state index contributed by atoms with van der Waals surface area (Å²) >= 11 is 0. The number of hydrogen-bond donors (Lipinski definition) is 1. The standard InChI is InChI=1S/C21H23N5O3/c27-21(19(17-7-4-9-22-15-17)26-11-13-28-14-12-26)23-10-8-18-24-20(25-29-18)16-5-2-1-3-6-16/h1-7,9,15,19H,8,10-14H2,(H,23,27)/t19-/m0/s1. The van der Waals surface area contributed by atoms with Gasteiger partial charge in [-0.1, -0.05) is 41.6 Å². The molecule has 4 rings (SSSR count). The van der Waals surface area contributed by atoms with Gasteiger partial charge in [0.25, 0.3) is 0 Å². The van der Waals surface area contributed by atoms with Gasteiger partial charge in [-0.25, -0.2) is 0 Å². The minimum atomic E-state index is -0.393. The highest BCUT2D eigenvalue weighted by Crippen LogP contribution is 2.21. The lowest BCUT2D eigenvalue weighted by Gasteiger charge is -2.33. The van der Waals surface area contributed by atoms with E-state index >= 15 is 0 Å². The summed E-state index contributed by atoms with van der Waals surface area (Å²) in [6.45, 7) is 3.06. The zero-order chi connectivity index (χ0) is 19.9. The smallest absolute Gasteiger partial charge is 0.242 e. The van der Waals surface area contributed by atoms with Gasteiger partial charge in [-0.3, -0.25) is 14.7 Å². The van der Waals surface area contributed by atoms with Gasteiger partial charge in [0.1, 0.15) is 6.04 Å². The molecule has 1 aliphatic heterocycles. The summed E-state index contributed by atoms with van der Waals surface area (Å²) < 4.78 is 10.7. The Hall–Kier alpha value is -3.10. The van der Waals surface area contributed by atoms with Gasteiger partial charge in [-0.15, -0.1) is 0 Å². The van der Waals surface area contributed by atoms with Gasteiger partial charge in [0.15, 0.2) is 0 Å². The summed E-state index contributed by atoms with van der Waals surface area (Å²) in [6, 6.07) is 13.0. The molecule has 0 unspecified atom stereocenters. The predicted molar refractivity (Wildman–Crippen MR) is 106 cm³/mol. The first-order valence-corrected chi connectivity index (χ1v) is 9.69. The zero-order valence-electron chi connectivity index (χ0n) is 16.0. The third kappa shape index (κ3) is 4.85. The Morgan fingerprint density at radius 2 is 1.97 bits per heavy atom. The van der Waals surface area contributed by atoms with Crippen LogP contribution in [-0.4, -0.2) is 58.8 Å². The number of rotatable bonds is 7. The molecule has 2 aromatic heterocycles. The molecule has 3 aromatic rings. The Bertz CT molecular complexity index is 910. The van der Waals surface area contributed by atoms with Crippen molar-refractivity contribution in [3.8, 4) is 11.4 Å². The molecule has 1 atom stereocenters. The SMILES string of the molecule is O=C(NCCc1nc(-c2ccccc2)no1)[C@H](c1cccnc1)N1CCOCC1. The van der Waals surface area contributed by atoms with Gasteiger partial charge >= 0.3 is 0 Å². The number of amides is 1. The Morgan fingerprint density at radius 1 is 1.14 bits per heavy atom. The molecule has 1 amide bonds. The number of aromatic nitrogens is 3. The van der Waals surface area contributed by atoms with E-state index in [1.807, 2.05) is 42.5 Å². The van der Waals surface area contributed by atoms with E-state index in [0.29, 0.717) is 51.0 Å². The number of carbonyl (C=O) groups is 1. The van der Waals surface area contributed by atoms with Gasteiger partial charge in [-0.2, -0.15) is 4.98 Å². The average molecular weight is 393 g/mol. The third-order valence-electron chi connectivity index (χ3n) is 4.80. The van der Waals surface area contributed by atoms with Crippen LogP contribution in [0.5, 0.6) is 0 Å². The van der Waals surface area contributed by atoms with Crippen molar-refractivity contribution < 1.29 is 14.1 Å². The van der Waals surface area contributed by atoms with Crippen molar-refractivity contribution in [2.24, 2.45) is 0 Å². The van der Waals surface area contributed by atoms with E-state index in [1.165, 1.54) is 0 Å². The summed E-state index contributed by atoms with van der Waals surface area (Å²) in [4.78, 5) is 23.7. The molecule has 0 saturated carbocycles. The van der Waals surface area contributed by atoms with Crippen LogP contribution >= 0.6 is 0 Å². The van der Waals surface area contributed by atoms with Crippen molar-refractivity contribution in [2.75, 3.05) is 32.8 Å². The first-order valence-electron chi connectivity index (χ1n) is 9.69. The van der Waals surface area contributed by atoms with E-state index in [0.717, 1.165) is 11.1 Å². The molecular formula is C21H23N5O3. The number of morpholine rings is 1. The van der Waals surface area contributed by atoms with Crippen LogP contribution < -0.4 is 5.32 Å². The Labute approximate surface area is 168 Å². The molecule has 0 spiro atoms. The van der Waals surface area contributed by atoms with Crippen LogP contribution in [0.2, 0.25) is 0 Å². The van der Waals surface area contributed by atoms with Gasteiger partial charge in [0, 0.05) is 44.0 Å². The summed E-state index contributed by atoms with van der Waals surface area (Å²) in [5.41, 5.74) is 1.77. The second-order valence-corrected chi connectivity index (χ2v) is 6.76. The molecule has 0 bridgehead atoms. The van der Waals surface area contributed by atoms with Crippen LogP contribution in [0.4, 0.5) is 0 Å². The first-order chi connectivity index (χ1) is 14.3. The van der Waals surface area contributed by atoms with Gasteiger partial charge in [-0.05, 0) is 11.6 Å². The quantitative estimate of drug-likeness (QED) is 0.655. The fourth-order valence-corrected chi connectivity index (χ4v) is 3.35. The van der Waals surface area contributed by atoms with Crippen molar-refractivity contribution in [3.63, 3.8) is 0 Å². The highest BCUT2D eigenvalue weighted by molar-refractivity contribution is 5.83. The molecule has 1 aliphatic rings. The molecule has 1 fully saturated rings. The largest absolute Gasteiger partial charge is 0.379 e. The lowest BCUT2D eigenvalue weighted by molar-refractivity contribution is -0.128. The monoisotopic (exact) mass is 393 g/mol. The predicted octanol–water partition coefficient (Wildman–Crippen LogP) is 1.86. The van der Waals surface area contributed by atoms with Gasteiger partial charge < -0.3 is 14.6 Å². The van der Waals surface area contributed by atoms with Crippen molar-refractivity contribution in [1.29, 1.82) is 0 Å². The molecule has 29 heavy (non-hydrogen) atoms. The Kier molecular flexibility index (Phi) is 6.23. The summed E-state index contributed by atoms with van der Waals surface area (Å²) in [5, 5.41) is 7.01. The minimum absolute atomic E-state index is 0.0669. The van der Waals surface area contributed by atoms with Crippen LogP contribution in [0.1, 0.15) is 17.5 Å². The maximum absolute atomic E-state index is 13.0. The molecule has 1 aromatic carbocycles. The third-order valence-corrected chi connectivity index (χ3v) is 4.80. The number of ether oxygens (including phenoxy) is 1. The molecule has 1 N–H and O–H groups in total. The Morgan fingerprint density at radius 3 is 2.72 bits per heavy atom. The van der Waals surface area contributed by atoms with Crippen molar-refractivity contribution in [3.05, 3.63) is 66.3 Å². The second kappa shape index (κ2) is 9.40. The molecule has 150 valence electrons.